The number of hydrogen-bond donors (Lipinski definition) is 0. The quantitative estimate of drug-likeness (QED) is 0.434. The summed E-state index contributed by atoms with van der Waals surface area (Å²) in [5, 5.41) is 19.9. The van der Waals surface area contributed by atoms with Crippen molar-refractivity contribution in [1.82, 2.24) is 35.3 Å². The van der Waals surface area contributed by atoms with Crippen molar-refractivity contribution in [2.75, 3.05) is 6.54 Å². The van der Waals surface area contributed by atoms with Crippen molar-refractivity contribution < 1.29 is 9.21 Å². The molecule has 0 saturated carbocycles. The van der Waals surface area contributed by atoms with Crippen molar-refractivity contribution in [3.63, 3.8) is 0 Å². The zero-order valence-electron chi connectivity index (χ0n) is 17.1. The highest BCUT2D eigenvalue weighted by atomic mass is 35.5. The van der Waals surface area contributed by atoms with Crippen LogP contribution < -0.4 is 0 Å². The summed E-state index contributed by atoms with van der Waals surface area (Å²) in [6.45, 7) is 4.68. The van der Waals surface area contributed by atoms with Crippen LogP contribution >= 0.6 is 11.6 Å². The highest BCUT2D eigenvalue weighted by Crippen LogP contribution is 2.26. The second kappa shape index (κ2) is 9.05. The van der Waals surface area contributed by atoms with E-state index in [2.05, 4.69) is 25.7 Å². The van der Waals surface area contributed by atoms with Crippen LogP contribution in [0.5, 0.6) is 0 Å². The van der Waals surface area contributed by atoms with Gasteiger partial charge in [0, 0.05) is 12.1 Å². The van der Waals surface area contributed by atoms with Crippen molar-refractivity contribution in [1.29, 1.82) is 0 Å². The minimum Gasteiger partial charge on any atom is -0.419 e. The van der Waals surface area contributed by atoms with Gasteiger partial charge in [0.15, 0.2) is 0 Å². The average molecular weight is 438 g/mol. The van der Waals surface area contributed by atoms with Crippen LogP contribution in [0.3, 0.4) is 0 Å². The molecule has 2 aromatic carbocycles. The van der Waals surface area contributed by atoms with Gasteiger partial charge in [0.1, 0.15) is 6.33 Å². The molecule has 1 amide bonds. The van der Waals surface area contributed by atoms with E-state index in [1.165, 1.54) is 6.33 Å². The van der Waals surface area contributed by atoms with Crippen LogP contribution in [0.15, 0.2) is 53.2 Å². The van der Waals surface area contributed by atoms with E-state index >= 15 is 0 Å². The number of aryl methyl sites for hydroxylation is 1. The second-order valence-corrected chi connectivity index (χ2v) is 7.37. The van der Waals surface area contributed by atoms with Crippen LogP contribution in [0.4, 0.5) is 0 Å². The van der Waals surface area contributed by atoms with Crippen molar-refractivity contribution in [3.8, 4) is 17.1 Å². The van der Waals surface area contributed by atoms with Crippen molar-refractivity contribution in [3.05, 3.63) is 70.8 Å². The van der Waals surface area contributed by atoms with E-state index in [0.717, 1.165) is 17.7 Å². The van der Waals surface area contributed by atoms with Gasteiger partial charge in [-0.1, -0.05) is 30.7 Å². The third-order valence-electron chi connectivity index (χ3n) is 4.72. The van der Waals surface area contributed by atoms with E-state index in [-0.39, 0.29) is 12.5 Å². The number of amides is 1. The lowest BCUT2D eigenvalue weighted by molar-refractivity contribution is 0.0728. The largest absolute Gasteiger partial charge is 0.419 e. The standard InChI is InChI=1S/C21H20ClN7O2/c1-3-10-28(12-19-24-25-20(31-19)16-6-4-5-7-17(16)22)21(30)15-8-9-18(14(2)11-15)29-13-23-26-27-29/h4-9,11,13H,3,10,12H2,1-2H3. The third-order valence-corrected chi connectivity index (χ3v) is 5.05. The molecule has 0 unspecified atom stereocenters. The molecule has 0 saturated heterocycles. The summed E-state index contributed by atoms with van der Waals surface area (Å²) in [7, 11) is 0. The van der Waals surface area contributed by atoms with Crippen LogP contribution in [0.1, 0.15) is 35.2 Å². The molecule has 0 fully saturated rings. The third kappa shape index (κ3) is 4.46. The first-order valence-corrected chi connectivity index (χ1v) is 10.1. The molecule has 4 rings (SSSR count). The number of halogens is 1. The second-order valence-electron chi connectivity index (χ2n) is 6.96. The summed E-state index contributed by atoms with van der Waals surface area (Å²) in [5.74, 6) is 0.551. The van der Waals surface area contributed by atoms with Gasteiger partial charge < -0.3 is 9.32 Å². The molecule has 0 aliphatic carbocycles. The van der Waals surface area contributed by atoms with Gasteiger partial charge in [-0.2, -0.15) is 0 Å². The van der Waals surface area contributed by atoms with Crippen LogP contribution in [-0.4, -0.2) is 47.8 Å². The molecule has 0 aliphatic rings. The maximum absolute atomic E-state index is 13.2. The van der Waals surface area contributed by atoms with Gasteiger partial charge in [0.25, 0.3) is 5.91 Å². The van der Waals surface area contributed by atoms with E-state index in [0.29, 0.717) is 34.5 Å². The SMILES string of the molecule is CCCN(Cc1nnc(-c2ccccc2Cl)o1)C(=O)c1ccc(-n2cnnn2)c(C)c1. The lowest BCUT2D eigenvalue weighted by atomic mass is 10.1. The van der Waals surface area contributed by atoms with Crippen molar-refractivity contribution >= 4 is 17.5 Å². The fourth-order valence-corrected chi connectivity index (χ4v) is 3.46. The molecule has 10 heteroatoms. The molecular weight excluding hydrogens is 418 g/mol. The summed E-state index contributed by atoms with van der Waals surface area (Å²) >= 11 is 6.21. The van der Waals surface area contributed by atoms with Crippen LogP contribution in [0.2, 0.25) is 5.02 Å². The maximum atomic E-state index is 13.2. The van der Waals surface area contributed by atoms with Gasteiger partial charge >= 0.3 is 0 Å². The Labute approximate surface area is 183 Å². The number of hydrogen-bond acceptors (Lipinski definition) is 7. The molecule has 0 spiro atoms. The topological polar surface area (TPSA) is 103 Å². The smallest absolute Gasteiger partial charge is 0.254 e. The minimum atomic E-state index is -0.120. The number of tetrazole rings is 1. The van der Waals surface area contributed by atoms with Crippen molar-refractivity contribution in [2.24, 2.45) is 0 Å². The Morgan fingerprint density at radius 3 is 2.74 bits per heavy atom. The molecule has 0 bridgehead atoms. The summed E-state index contributed by atoms with van der Waals surface area (Å²) in [5.41, 5.74) is 2.91. The Kier molecular flexibility index (Phi) is 6.03. The van der Waals surface area contributed by atoms with Gasteiger partial charge in [-0.15, -0.1) is 15.3 Å². The lowest BCUT2D eigenvalue weighted by Crippen LogP contribution is -2.31. The van der Waals surface area contributed by atoms with Gasteiger partial charge in [0.2, 0.25) is 11.8 Å². The Morgan fingerprint density at radius 2 is 2.03 bits per heavy atom. The molecule has 4 aromatic rings. The van der Waals surface area contributed by atoms with Gasteiger partial charge in [0.05, 0.1) is 22.8 Å². The van der Waals surface area contributed by atoms with E-state index < -0.39 is 0 Å². The van der Waals surface area contributed by atoms with Gasteiger partial charge in [-0.25, -0.2) is 4.68 Å². The lowest BCUT2D eigenvalue weighted by Gasteiger charge is -2.21. The molecule has 0 radical (unpaired) electrons. The number of carbonyl (C=O) groups is 1. The molecule has 2 heterocycles. The first-order valence-electron chi connectivity index (χ1n) is 9.77. The van der Waals surface area contributed by atoms with Gasteiger partial charge in [-0.3, -0.25) is 4.79 Å². The molecule has 158 valence electrons. The molecule has 31 heavy (non-hydrogen) atoms. The van der Waals surface area contributed by atoms with Crippen LogP contribution in [-0.2, 0) is 6.54 Å². The van der Waals surface area contributed by atoms with E-state index in [9.17, 15) is 4.79 Å². The number of aromatic nitrogens is 6. The summed E-state index contributed by atoms with van der Waals surface area (Å²) in [4.78, 5) is 14.9. The Balaban J connectivity index is 1.55. The first kappa shape index (κ1) is 20.7. The van der Waals surface area contributed by atoms with Crippen molar-refractivity contribution in [2.45, 2.75) is 26.8 Å². The zero-order valence-corrected chi connectivity index (χ0v) is 17.8. The van der Waals surface area contributed by atoms with Crippen LogP contribution in [0.25, 0.3) is 17.1 Å². The maximum Gasteiger partial charge on any atom is 0.254 e. The predicted molar refractivity (Wildman–Crippen MR) is 114 cm³/mol. The highest BCUT2D eigenvalue weighted by Gasteiger charge is 2.20. The number of carbonyl (C=O) groups excluding carboxylic acids is 1. The fourth-order valence-electron chi connectivity index (χ4n) is 3.25. The Bertz CT molecular complexity index is 1190. The van der Waals surface area contributed by atoms with E-state index in [1.54, 1.807) is 21.7 Å². The number of rotatable bonds is 7. The molecule has 2 aromatic heterocycles. The summed E-state index contributed by atoms with van der Waals surface area (Å²) in [6.07, 6.45) is 2.30. The Morgan fingerprint density at radius 1 is 1.19 bits per heavy atom. The summed E-state index contributed by atoms with van der Waals surface area (Å²) in [6, 6.07) is 12.7. The van der Waals surface area contributed by atoms with Gasteiger partial charge in [-0.05, 0) is 59.7 Å². The normalized spacial score (nSPS) is 10.9. The molecule has 0 aliphatic heterocycles. The Hall–Kier alpha value is -3.59. The van der Waals surface area contributed by atoms with E-state index in [4.69, 9.17) is 16.0 Å². The highest BCUT2D eigenvalue weighted by molar-refractivity contribution is 6.33. The average Bonchev–Trinajstić information content (AvgIpc) is 3.46. The molecular formula is C21H20ClN7O2. The monoisotopic (exact) mass is 437 g/mol. The number of benzene rings is 2. The van der Waals surface area contributed by atoms with E-state index in [1.807, 2.05) is 44.2 Å². The minimum absolute atomic E-state index is 0.120. The molecule has 0 N–H and O–H groups in total. The first-order chi connectivity index (χ1) is 15.1. The molecule has 9 nitrogen and oxygen atoms in total. The predicted octanol–water partition coefficient (Wildman–Crippen LogP) is 3.73. The van der Waals surface area contributed by atoms with Crippen LogP contribution in [0, 0.1) is 6.92 Å². The number of nitrogens with zero attached hydrogens (tertiary/aromatic N) is 7. The fraction of sp³-hybridized carbons (Fsp3) is 0.238. The summed E-state index contributed by atoms with van der Waals surface area (Å²) < 4.78 is 7.34. The zero-order chi connectivity index (χ0) is 21.8. The molecule has 0 atom stereocenters.